The van der Waals surface area contributed by atoms with Gasteiger partial charge < -0.3 is 15.2 Å². The number of anilines is 2. The van der Waals surface area contributed by atoms with Crippen LogP contribution in [0.25, 0.3) is 11.2 Å². The Hall–Kier alpha value is -4.84. The number of fused-ring (bicyclic) bond motifs is 1. The Kier molecular flexibility index (Phi) is 7.76. The third-order valence-electron chi connectivity index (χ3n) is 7.83. The summed E-state index contributed by atoms with van der Waals surface area (Å²) in [5, 5.41) is 4.48. The van der Waals surface area contributed by atoms with E-state index in [9.17, 15) is 23.6 Å². The summed E-state index contributed by atoms with van der Waals surface area (Å²) >= 11 is 1.40. The molecule has 1 fully saturated rings. The molecule has 3 heterocycles. The standard InChI is InChI=1S/C32H31FN6O4S/c1-18-27(25(17-44-18)34-19(2)40)30(41)37(3)23-12-10-20(11-13-23)14-26-35-28-29(36-26)38(15-21-8-9-21)32(43)39(31(28)42)16-22-6-4-5-7-24(22)33/h4-7,10-13,17,21H,8-9,14-16H2,1-3H3,(H,34,40)(H,35,36). The first kappa shape index (κ1) is 29.2. The van der Waals surface area contributed by atoms with Gasteiger partial charge in [-0.3, -0.25) is 23.5 Å². The molecular formula is C32H31FN6O4S. The maximum absolute atomic E-state index is 14.4. The van der Waals surface area contributed by atoms with E-state index < -0.39 is 17.1 Å². The first-order valence-corrected chi connectivity index (χ1v) is 15.2. The van der Waals surface area contributed by atoms with E-state index >= 15 is 0 Å². The molecule has 0 unspecified atom stereocenters. The Morgan fingerprint density at radius 3 is 2.52 bits per heavy atom. The number of amides is 2. The van der Waals surface area contributed by atoms with Crippen LogP contribution in [-0.2, 0) is 24.3 Å². The molecule has 3 aromatic heterocycles. The number of H-pyrrole nitrogens is 1. The van der Waals surface area contributed by atoms with Crippen LogP contribution >= 0.6 is 11.3 Å². The number of aromatic nitrogens is 4. The zero-order chi connectivity index (χ0) is 31.1. The molecule has 0 bridgehead atoms. The number of aromatic amines is 1. The minimum atomic E-state index is -0.545. The molecule has 12 heteroatoms. The van der Waals surface area contributed by atoms with Gasteiger partial charge >= 0.3 is 5.69 Å². The first-order valence-electron chi connectivity index (χ1n) is 14.3. The van der Waals surface area contributed by atoms with Gasteiger partial charge in [-0.15, -0.1) is 11.3 Å². The topological polar surface area (TPSA) is 122 Å². The fourth-order valence-electron chi connectivity index (χ4n) is 5.28. The van der Waals surface area contributed by atoms with Crippen molar-refractivity contribution < 1.29 is 14.0 Å². The molecule has 0 atom stereocenters. The van der Waals surface area contributed by atoms with Crippen molar-refractivity contribution in [1.29, 1.82) is 0 Å². The number of imidazole rings is 1. The number of carbonyl (C=O) groups is 2. The largest absolute Gasteiger partial charge is 0.336 e. The molecule has 5 aromatic rings. The number of nitrogens with one attached hydrogen (secondary N) is 2. The summed E-state index contributed by atoms with van der Waals surface area (Å²) in [5.41, 5.74) is 2.21. The van der Waals surface area contributed by atoms with Crippen molar-refractivity contribution in [3.8, 4) is 0 Å². The monoisotopic (exact) mass is 614 g/mol. The number of hydrogen-bond acceptors (Lipinski definition) is 6. The second-order valence-corrected chi connectivity index (χ2v) is 12.3. The Balaban J connectivity index is 1.27. The molecule has 2 aromatic carbocycles. The van der Waals surface area contributed by atoms with Gasteiger partial charge in [0.25, 0.3) is 11.5 Å². The van der Waals surface area contributed by atoms with E-state index in [0.717, 1.165) is 27.8 Å². The lowest BCUT2D eigenvalue weighted by molar-refractivity contribution is -0.114. The predicted molar refractivity (Wildman–Crippen MR) is 168 cm³/mol. The minimum absolute atomic E-state index is 0.176. The van der Waals surface area contributed by atoms with E-state index in [1.54, 1.807) is 30.6 Å². The van der Waals surface area contributed by atoms with Gasteiger partial charge in [0, 0.05) is 48.4 Å². The Labute approximate surface area is 255 Å². The number of carbonyl (C=O) groups excluding carboxylic acids is 2. The van der Waals surface area contributed by atoms with E-state index in [1.165, 1.54) is 33.8 Å². The quantitative estimate of drug-likeness (QED) is 0.250. The van der Waals surface area contributed by atoms with E-state index in [4.69, 9.17) is 0 Å². The zero-order valence-electron chi connectivity index (χ0n) is 24.5. The molecule has 2 amide bonds. The second kappa shape index (κ2) is 11.7. The van der Waals surface area contributed by atoms with E-state index in [0.29, 0.717) is 47.3 Å². The summed E-state index contributed by atoms with van der Waals surface area (Å²) in [5.74, 6) is -0.112. The van der Waals surface area contributed by atoms with Gasteiger partial charge in [-0.25, -0.2) is 14.2 Å². The van der Waals surface area contributed by atoms with Gasteiger partial charge in [-0.05, 0) is 49.4 Å². The van der Waals surface area contributed by atoms with E-state index in [1.807, 2.05) is 31.2 Å². The Bertz CT molecular complexity index is 2020. The highest BCUT2D eigenvalue weighted by atomic mass is 32.1. The number of hydrogen-bond donors (Lipinski definition) is 2. The summed E-state index contributed by atoms with van der Waals surface area (Å²) in [6, 6.07) is 13.5. The van der Waals surface area contributed by atoms with Gasteiger partial charge in [-0.1, -0.05) is 30.3 Å². The molecule has 10 nitrogen and oxygen atoms in total. The highest BCUT2D eigenvalue weighted by Crippen LogP contribution is 2.31. The highest BCUT2D eigenvalue weighted by Gasteiger charge is 2.26. The van der Waals surface area contributed by atoms with Crippen LogP contribution in [-0.4, -0.2) is 38.0 Å². The molecule has 0 saturated heterocycles. The van der Waals surface area contributed by atoms with Crippen LogP contribution in [0.15, 0.2) is 63.5 Å². The fourth-order valence-corrected chi connectivity index (χ4v) is 6.06. The van der Waals surface area contributed by atoms with Crippen LogP contribution in [0.5, 0.6) is 0 Å². The molecular weight excluding hydrogens is 583 g/mol. The lowest BCUT2D eigenvalue weighted by Crippen LogP contribution is -2.40. The smallest absolute Gasteiger partial charge is 0.333 e. The van der Waals surface area contributed by atoms with Crippen molar-refractivity contribution in [3.05, 3.63) is 108 Å². The fraction of sp³-hybridized carbons (Fsp3) is 0.281. The van der Waals surface area contributed by atoms with Crippen molar-refractivity contribution in [1.82, 2.24) is 19.1 Å². The van der Waals surface area contributed by atoms with Crippen molar-refractivity contribution in [2.45, 2.75) is 46.2 Å². The maximum Gasteiger partial charge on any atom is 0.333 e. The predicted octanol–water partition coefficient (Wildman–Crippen LogP) is 4.68. The average Bonchev–Trinajstić information content (AvgIpc) is 3.62. The maximum atomic E-state index is 14.4. The van der Waals surface area contributed by atoms with Crippen molar-refractivity contribution in [2.75, 3.05) is 17.3 Å². The Morgan fingerprint density at radius 2 is 1.84 bits per heavy atom. The average molecular weight is 615 g/mol. The number of halogens is 1. The number of thiophene rings is 1. The number of rotatable bonds is 9. The number of aryl methyl sites for hydroxylation is 1. The SMILES string of the molecule is CC(=O)Nc1csc(C)c1C(=O)N(C)c1ccc(Cc2nc3c([nH]2)c(=O)n(Cc2ccccc2F)c(=O)n3CC2CC2)cc1. The van der Waals surface area contributed by atoms with Crippen LogP contribution < -0.4 is 21.5 Å². The normalized spacial score (nSPS) is 12.9. The molecule has 0 radical (unpaired) electrons. The zero-order valence-corrected chi connectivity index (χ0v) is 25.3. The number of nitrogens with zero attached hydrogens (tertiary/aromatic N) is 4. The molecule has 2 N–H and O–H groups in total. The molecule has 226 valence electrons. The van der Waals surface area contributed by atoms with Gasteiger partial charge in [0.1, 0.15) is 17.2 Å². The number of benzene rings is 2. The van der Waals surface area contributed by atoms with E-state index in [-0.39, 0.29) is 29.4 Å². The van der Waals surface area contributed by atoms with Gasteiger partial charge in [-0.2, -0.15) is 0 Å². The van der Waals surface area contributed by atoms with Gasteiger partial charge in [0.2, 0.25) is 5.91 Å². The van der Waals surface area contributed by atoms with Crippen LogP contribution in [0.4, 0.5) is 15.8 Å². The van der Waals surface area contributed by atoms with Gasteiger partial charge in [0.15, 0.2) is 5.65 Å². The summed E-state index contributed by atoms with van der Waals surface area (Å²) < 4.78 is 17.0. The van der Waals surface area contributed by atoms with Crippen LogP contribution in [0, 0.1) is 18.7 Å². The highest BCUT2D eigenvalue weighted by molar-refractivity contribution is 7.10. The third-order valence-corrected chi connectivity index (χ3v) is 8.74. The lowest BCUT2D eigenvalue weighted by Gasteiger charge is -2.19. The summed E-state index contributed by atoms with van der Waals surface area (Å²) in [6.07, 6.45) is 2.36. The van der Waals surface area contributed by atoms with E-state index in [2.05, 4.69) is 15.3 Å². The molecule has 1 aliphatic rings. The van der Waals surface area contributed by atoms with Crippen molar-refractivity contribution in [2.24, 2.45) is 5.92 Å². The van der Waals surface area contributed by atoms with Gasteiger partial charge in [0.05, 0.1) is 17.8 Å². The summed E-state index contributed by atoms with van der Waals surface area (Å²) in [4.78, 5) is 62.0. The second-order valence-electron chi connectivity index (χ2n) is 11.2. The molecule has 0 spiro atoms. The first-order chi connectivity index (χ1) is 21.1. The third kappa shape index (κ3) is 5.72. The molecule has 0 aliphatic heterocycles. The molecule has 44 heavy (non-hydrogen) atoms. The van der Waals surface area contributed by atoms with Crippen LogP contribution in [0.1, 0.15) is 52.0 Å². The lowest BCUT2D eigenvalue weighted by atomic mass is 10.1. The summed E-state index contributed by atoms with van der Waals surface area (Å²) in [6.45, 7) is 3.51. The molecule has 1 aliphatic carbocycles. The minimum Gasteiger partial charge on any atom is -0.336 e. The van der Waals surface area contributed by atoms with Crippen molar-refractivity contribution >= 4 is 45.7 Å². The molecule has 1 saturated carbocycles. The van der Waals surface area contributed by atoms with Crippen molar-refractivity contribution in [3.63, 3.8) is 0 Å². The van der Waals surface area contributed by atoms with Crippen LogP contribution in [0.3, 0.4) is 0 Å². The summed E-state index contributed by atoms with van der Waals surface area (Å²) in [7, 11) is 1.68. The van der Waals surface area contributed by atoms with Crippen LogP contribution in [0.2, 0.25) is 0 Å². The Morgan fingerprint density at radius 1 is 1.11 bits per heavy atom. The molecule has 6 rings (SSSR count).